The fourth-order valence-electron chi connectivity index (χ4n) is 3.97. The Bertz CT molecular complexity index is 1010. The van der Waals surface area contributed by atoms with Gasteiger partial charge in [-0.05, 0) is 86.8 Å². The summed E-state index contributed by atoms with van der Waals surface area (Å²) in [4.78, 5) is 4.31. The average molecular weight is 388 g/mol. The molecule has 0 amide bonds. The van der Waals surface area contributed by atoms with Gasteiger partial charge in [0.15, 0.2) is 0 Å². The van der Waals surface area contributed by atoms with Crippen LogP contribution in [-0.2, 0) is 0 Å². The van der Waals surface area contributed by atoms with Crippen LogP contribution in [0, 0.1) is 26.2 Å². The summed E-state index contributed by atoms with van der Waals surface area (Å²) in [6.45, 7) is 7.33. The highest BCUT2D eigenvalue weighted by molar-refractivity contribution is 6.15. The fraction of sp³-hybridized carbons (Fsp3) is 0.346. The molecule has 0 atom stereocenters. The number of rotatable bonds is 6. The van der Waals surface area contributed by atoms with Crippen molar-refractivity contribution in [3.63, 3.8) is 0 Å². The number of benzene rings is 2. The van der Waals surface area contributed by atoms with Gasteiger partial charge in [0.25, 0.3) is 0 Å². The van der Waals surface area contributed by atoms with Gasteiger partial charge in [-0.2, -0.15) is 0 Å². The number of hydrogen-bond donors (Lipinski definition) is 1. The van der Waals surface area contributed by atoms with Gasteiger partial charge < -0.3 is 9.80 Å². The largest absolute Gasteiger partial charge is 0.378 e. The van der Waals surface area contributed by atoms with Crippen LogP contribution >= 0.6 is 0 Å². The van der Waals surface area contributed by atoms with Gasteiger partial charge in [-0.15, -0.1) is 0 Å². The van der Waals surface area contributed by atoms with Gasteiger partial charge in [0.05, 0.1) is 5.71 Å². The number of likely N-dealkylation sites (N-methyl/N-ethyl adjacent to an activating group) is 1. The van der Waals surface area contributed by atoms with Gasteiger partial charge in [-0.3, -0.25) is 5.41 Å². The van der Waals surface area contributed by atoms with Gasteiger partial charge in [-0.1, -0.05) is 30.4 Å². The average Bonchev–Trinajstić information content (AvgIpc) is 3.12. The van der Waals surface area contributed by atoms with Crippen molar-refractivity contribution < 1.29 is 0 Å². The standard InChI is InChI=1S/C26H33N3/c1-17-11-13-22(19(3)18(17)2)26(27)25-15-21(29(6)7)12-14-24(25)23-10-8-9-20(23)16-28(4)5/h8-9,11-15,27H,10,16H2,1-7H3. The molecule has 0 aromatic heterocycles. The molecule has 2 aromatic carbocycles. The highest BCUT2D eigenvalue weighted by atomic mass is 15.1. The molecule has 3 nitrogen and oxygen atoms in total. The second-order valence-electron chi connectivity index (χ2n) is 8.53. The van der Waals surface area contributed by atoms with E-state index in [0.717, 1.165) is 29.8 Å². The smallest absolute Gasteiger partial charge is 0.0694 e. The number of nitrogens with one attached hydrogen (secondary N) is 1. The Kier molecular flexibility index (Phi) is 6.09. The lowest BCUT2D eigenvalue weighted by Gasteiger charge is -2.21. The third-order valence-corrected chi connectivity index (χ3v) is 5.96. The lowest BCUT2D eigenvalue weighted by Crippen LogP contribution is -2.16. The highest BCUT2D eigenvalue weighted by Gasteiger charge is 2.20. The third-order valence-electron chi connectivity index (χ3n) is 5.96. The maximum Gasteiger partial charge on any atom is 0.0694 e. The van der Waals surface area contributed by atoms with Crippen LogP contribution in [0.15, 0.2) is 48.1 Å². The minimum Gasteiger partial charge on any atom is -0.378 e. The first-order valence-corrected chi connectivity index (χ1v) is 10.2. The van der Waals surface area contributed by atoms with Crippen molar-refractivity contribution in [2.45, 2.75) is 27.2 Å². The molecule has 0 fully saturated rings. The molecular weight excluding hydrogens is 354 g/mol. The molecule has 0 saturated heterocycles. The van der Waals surface area contributed by atoms with E-state index in [1.54, 1.807) is 0 Å². The minimum absolute atomic E-state index is 0.605. The predicted molar refractivity (Wildman–Crippen MR) is 127 cm³/mol. The van der Waals surface area contributed by atoms with Gasteiger partial charge in [0.1, 0.15) is 0 Å². The van der Waals surface area contributed by atoms with Crippen LogP contribution < -0.4 is 4.90 Å². The highest BCUT2D eigenvalue weighted by Crippen LogP contribution is 2.34. The first-order valence-electron chi connectivity index (χ1n) is 10.2. The molecule has 0 heterocycles. The first kappa shape index (κ1) is 21.1. The van der Waals surface area contributed by atoms with Gasteiger partial charge in [-0.25, -0.2) is 0 Å². The zero-order chi connectivity index (χ0) is 21.3. The molecule has 1 aliphatic rings. The van der Waals surface area contributed by atoms with Crippen molar-refractivity contribution in [1.29, 1.82) is 5.41 Å². The van der Waals surface area contributed by atoms with Crippen LogP contribution in [0.3, 0.4) is 0 Å². The summed E-state index contributed by atoms with van der Waals surface area (Å²) in [7, 11) is 8.32. The van der Waals surface area contributed by atoms with E-state index in [1.165, 1.54) is 33.4 Å². The normalized spacial score (nSPS) is 13.5. The summed E-state index contributed by atoms with van der Waals surface area (Å²) in [5, 5.41) is 9.16. The molecule has 1 aliphatic carbocycles. The molecule has 1 N–H and O–H groups in total. The lowest BCUT2D eigenvalue weighted by atomic mass is 9.87. The van der Waals surface area contributed by atoms with E-state index in [-0.39, 0.29) is 0 Å². The maximum absolute atomic E-state index is 9.16. The number of nitrogens with zero attached hydrogens (tertiary/aromatic N) is 2. The SMILES string of the molecule is Cc1ccc(C(=N)c2cc(N(C)C)ccc2C2=C(CN(C)C)C=CC2)c(C)c1C. The summed E-state index contributed by atoms with van der Waals surface area (Å²) < 4.78 is 0. The van der Waals surface area contributed by atoms with E-state index in [4.69, 9.17) is 5.41 Å². The molecule has 0 unspecified atom stereocenters. The minimum atomic E-state index is 0.605. The molecule has 0 radical (unpaired) electrons. The molecule has 29 heavy (non-hydrogen) atoms. The topological polar surface area (TPSA) is 30.3 Å². The molecule has 0 saturated carbocycles. The van der Waals surface area contributed by atoms with Crippen molar-refractivity contribution in [2.75, 3.05) is 39.6 Å². The van der Waals surface area contributed by atoms with Crippen molar-refractivity contribution in [3.05, 3.63) is 81.4 Å². The summed E-state index contributed by atoms with van der Waals surface area (Å²) in [5.74, 6) is 0. The molecule has 3 heteroatoms. The van der Waals surface area contributed by atoms with Crippen LogP contribution in [0.25, 0.3) is 5.57 Å². The molecule has 0 spiro atoms. The number of allylic oxidation sites excluding steroid dienone is 2. The Morgan fingerprint density at radius 1 is 0.931 bits per heavy atom. The third kappa shape index (κ3) is 4.20. The number of anilines is 1. The lowest BCUT2D eigenvalue weighted by molar-refractivity contribution is 0.450. The zero-order valence-electron chi connectivity index (χ0n) is 18.9. The second-order valence-corrected chi connectivity index (χ2v) is 8.53. The van der Waals surface area contributed by atoms with Crippen molar-refractivity contribution in [2.24, 2.45) is 0 Å². The number of aryl methyl sites for hydroxylation is 1. The van der Waals surface area contributed by atoms with Crippen LogP contribution in [0.1, 0.15) is 39.8 Å². The molecule has 2 aromatic rings. The van der Waals surface area contributed by atoms with E-state index in [0.29, 0.717) is 5.71 Å². The van der Waals surface area contributed by atoms with E-state index in [9.17, 15) is 0 Å². The van der Waals surface area contributed by atoms with Gasteiger partial charge >= 0.3 is 0 Å². The van der Waals surface area contributed by atoms with Crippen LogP contribution in [0.2, 0.25) is 0 Å². The Morgan fingerprint density at radius 3 is 2.31 bits per heavy atom. The Labute approximate surface area is 175 Å². The maximum atomic E-state index is 9.16. The van der Waals surface area contributed by atoms with Crippen LogP contribution in [-0.4, -0.2) is 45.3 Å². The quantitative estimate of drug-likeness (QED) is 0.676. The summed E-state index contributed by atoms with van der Waals surface area (Å²) >= 11 is 0. The monoisotopic (exact) mass is 387 g/mol. The predicted octanol–water partition coefficient (Wildman–Crippen LogP) is 5.37. The number of hydrogen-bond acceptors (Lipinski definition) is 3. The van der Waals surface area contributed by atoms with E-state index >= 15 is 0 Å². The van der Waals surface area contributed by atoms with Crippen LogP contribution in [0.4, 0.5) is 5.69 Å². The first-order chi connectivity index (χ1) is 13.7. The molecule has 3 rings (SSSR count). The van der Waals surface area contributed by atoms with Crippen molar-refractivity contribution >= 4 is 17.0 Å². The van der Waals surface area contributed by atoms with Gasteiger partial charge in [0, 0.05) is 37.5 Å². The van der Waals surface area contributed by atoms with E-state index < -0.39 is 0 Å². The fourth-order valence-corrected chi connectivity index (χ4v) is 3.97. The van der Waals surface area contributed by atoms with Crippen molar-refractivity contribution in [3.8, 4) is 0 Å². The summed E-state index contributed by atoms with van der Waals surface area (Å²) in [6, 6.07) is 10.8. The molecule has 0 bridgehead atoms. The summed E-state index contributed by atoms with van der Waals surface area (Å²) in [5.41, 5.74) is 11.4. The molecule has 152 valence electrons. The molecule has 0 aliphatic heterocycles. The van der Waals surface area contributed by atoms with E-state index in [1.807, 2.05) is 0 Å². The van der Waals surface area contributed by atoms with Crippen molar-refractivity contribution in [1.82, 2.24) is 4.90 Å². The molecular formula is C26H33N3. The zero-order valence-corrected chi connectivity index (χ0v) is 18.9. The summed E-state index contributed by atoms with van der Waals surface area (Å²) in [6.07, 6.45) is 5.41. The van der Waals surface area contributed by atoms with Gasteiger partial charge in [0.2, 0.25) is 0 Å². The van der Waals surface area contributed by atoms with Crippen LogP contribution in [0.5, 0.6) is 0 Å². The van der Waals surface area contributed by atoms with E-state index in [2.05, 4.69) is 101 Å². The Hall–Kier alpha value is -2.65. The Morgan fingerprint density at radius 2 is 1.66 bits per heavy atom. The second kappa shape index (κ2) is 8.38. The Balaban J connectivity index is 2.18.